The normalized spacial score (nSPS) is 15.8. The lowest BCUT2D eigenvalue weighted by Gasteiger charge is -2.17. The van der Waals surface area contributed by atoms with Crippen LogP contribution < -0.4 is 4.72 Å². The van der Waals surface area contributed by atoms with Crippen LogP contribution in [0.5, 0.6) is 0 Å². The molecule has 1 saturated heterocycles. The van der Waals surface area contributed by atoms with Gasteiger partial charge in [-0.05, 0) is 36.5 Å². The summed E-state index contributed by atoms with van der Waals surface area (Å²) in [6.45, 7) is 1.71. The third-order valence-electron chi connectivity index (χ3n) is 4.56. The molecular weight excluding hydrogens is 400 g/mol. The van der Waals surface area contributed by atoms with Crippen molar-refractivity contribution in [2.45, 2.75) is 37.1 Å². The SMILES string of the molecule is Cc1nc(-c2ccc(S(=O)(=O)NCc3nc(C4CCSCC4)no3)cc2)co1. The molecule has 2 aromatic heterocycles. The number of hydrogen-bond donors (Lipinski definition) is 1. The molecule has 0 aliphatic carbocycles. The maximum Gasteiger partial charge on any atom is 0.241 e. The largest absolute Gasteiger partial charge is 0.449 e. The van der Waals surface area contributed by atoms with Crippen LogP contribution in [0, 0.1) is 6.92 Å². The number of nitrogens with one attached hydrogen (secondary N) is 1. The van der Waals surface area contributed by atoms with Gasteiger partial charge in [0.25, 0.3) is 0 Å². The van der Waals surface area contributed by atoms with E-state index in [2.05, 4.69) is 19.8 Å². The fraction of sp³-hybridized carbons (Fsp3) is 0.389. The molecule has 4 rings (SSSR count). The summed E-state index contributed by atoms with van der Waals surface area (Å²) >= 11 is 1.93. The highest BCUT2D eigenvalue weighted by molar-refractivity contribution is 7.99. The Balaban J connectivity index is 1.41. The van der Waals surface area contributed by atoms with Crippen molar-refractivity contribution in [2.75, 3.05) is 11.5 Å². The molecule has 1 N–H and O–H groups in total. The van der Waals surface area contributed by atoms with Crippen LogP contribution in [-0.4, -0.2) is 35.0 Å². The second kappa shape index (κ2) is 8.06. The molecule has 3 aromatic rings. The Labute approximate surface area is 167 Å². The first-order chi connectivity index (χ1) is 13.5. The quantitative estimate of drug-likeness (QED) is 0.647. The highest BCUT2D eigenvalue weighted by Crippen LogP contribution is 2.29. The smallest absolute Gasteiger partial charge is 0.241 e. The lowest BCUT2D eigenvalue weighted by Crippen LogP contribution is -2.23. The molecule has 0 bridgehead atoms. The van der Waals surface area contributed by atoms with Crippen LogP contribution in [0.4, 0.5) is 0 Å². The van der Waals surface area contributed by atoms with E-state index in [1.165, 1.54) is 18.4 Å². The van der Waals surface area contributed by atoms with Gasteiger partial charge in [-0.1, -0.05) is 17.3 Å². The number of sulfonamides is 1. The highest BCUT2D eigenvalue weighted by atomic mass is 32.2. The summed E-state index contributed by atoms with van der Waals surface area (Å²) in [6, 6.07) is 6.44. The molecule has 0 amide bonds. The van der Waals surface area contributed by atoms with Crippen molar-refractivity contribution in [3.05, 3.63) is 48.1 Å². The van der Waals surface area contributed by atoms with Gasteiger partial charge in [0.1, 0.15) is 12.0 Å². The van der Waals surface area contributed by atoms with Gasteiger partial charge in [0.15, 0.2) is 11.7 Å². The van der Waals surface area contributed by atoms with Gasteiger partial charge in [-0.3, -0.25) is 0 Å². The lowest BCUT2D eigenvalue weighted by molar-refractivity contribution is 0.365. The number of rotatable bonds is 6. The highest BCUT2D eigenvalue weighted by Gasteiger charge is 2.22. The van der Waals surface area contributed by atoms with E-state index in [1.807, 2.05) is 11.8 Å². The van der Waals surface area contributed by atoms with E-state index >= 15 is 0 Å². The predicted molar refractivity (Wildman–Crippen MR) is 104 cm³/mol. The van der Waals surface area contributed by atoms with Crippen LogP contribution in [0.1, 0.15) is 36.4 Å². The second-order valence-corrected chi connectivity index (χ2v) is 9.53. The Hall–Kier alpha value is -2.17. The van der Waals surface area contributed by atoms with Crippen molar-refractivity contribution in [1.82, 2.24) is 19.8 Å². The summed E-state index contributed by atoms with van der Waals surface area (Å²) in [5.74, 6) is 3.96. The summed E-state index contributed by atoms with van der Waals surface area (Å²) in [6.07, 6.45) is 3.58. The zero-order valence-corrected chi connectivity index (χ0v) is 16.9. The average molecular weight is 421 g/mol. The minimum Gasteiger partial charge on any atom is -0.449 e. The third-order valence-corrected chi connectivity index (χ3v) is 7.03. The molecule has 3 heterocycles. The number of benzene rings is 1. The summed E-state index contributed by atoms with van der Waals surface area (Å²) in [5, 5.41) is 4.01. The standard InChI is InChI=1S/C18H20N4O4S2/c1-12-20-16(11-25-12)13-2-4-15(5-3-13)28(23,24)19-10-17-21-18(22-26-17)14-6-8-27-9-7-14/h2-5,11,14,19H,6-10H2,1H3. The van der Waals surface area contributed by atoms with Crippen LogP contribution in [0.25, 0.3) is 11.3 Å². The number of hydrogen-bond acceptors (Lipinski definition) is 8. The molecule has 1 aliphatic heterocycles. The number of nitrogens with zero attached hydrogens (tertiary/aromatic N) is 3. The fourth-order valence-electron chi connectivity index (χ4n) is 3.00. The molecule has 0 unspecified atom stereocenters. The van der Waals surface area contributed by atoms with E-state index < -0.39 is 10.0 Å². The third kappa shape index (κ3) is 4.29. The summed E-state index contributed by atoms with van der Waals surface area (Å²) < 4.78 is 38.0. The zero-order valence-electron chi connectivity index (χ0n) is 15.3. The molecule has 28 heavy (non-hydrogen) atoms. The van der Waals surface area contributed by atoms with Gasteiger partial charge in [-0.2, -0.15) is 16.7 Å². The van der Waals surface area contributed by atoms with Gasteiger partial charge >= 0.3 is 0 Å². The summed E-state index contributed by atoms with van der Waals surface area (Å²) in [4.78, 5) is 8.74. The Morgan fingerprint density at radius 1 is 1.18 bits per heavy atom. The molecule has 0 spiro atoms. The lowest BCUT2D eigenvalue weighted by atomic mass is 10.0. The Kier molecular flexibility index (Phi) is 5.51. The number of oxazole rings is 1. The van der Waals surface area contributed by atoms with E-state index in [1.54, 1.807) is 19.1 Å². The van der Waals surface area contributed by atoms with Gasteiger partial charge in [0.2, 0.25) is 15.9 Å². The first kappa shape index (κ1) is 19.2. The van der Waals surface area contributed by atoms with Crippen molar-refractivity contribution in [3.63, 3.8) is 0 Å². The van der Waals surface area contributed by atoms with Crippen LogP contribution >= 0.6 is 11.8 Å². The van der Waals surface area contributed by atoms with Crippen LogP contribution in [-0.2, 0) is 16.6 Å². The minimum absolute atomic E-state index is 0.0406. The summed E-state index contributed by atoms with van der Waals surface area (Å²) in [7, 11) is -3.69. The van der Waals surface area contributed by atoms with Gasteiger partial charge in [0.05, 0.1) is 11.4 Å². The minimum atomic E-state index is -3.69. The topological polar surface area (TPSA) is 111 Å². The molecule has 1 fully saturated rings. The molecule has 10 heteroatoms. The van der Waals surface area contributed by atoms with Gasteiger partial charge < -0.3 is 8.94 Å². The Morgan fingerprint density at radius 2 is 1.93 bits per heavy atom. The molecule has 0 saturated carbocycles. The maximum atomic E-state index is 12.5. The molecule has 1 aliphatic rings. The summed E-state index contributed by atoms with van der Waals surface area (Å²) in [5.41, 5.74) is 1.44. The van der Waals surface area contributed by atoms with Gasteiger partial charge in [-0.15, -0.1) is 0 Å². The molecule has 8 nitrogen and oxygen atoms in total. The second-order valence-electron chi connectivity index (χ2n) is 6.53. The molecule has 0 radical (unpaired) electrons. The van der Waals surface area contributed by atoms with Crippen molar-refractivity contribution < 1.29 is 17.4 Å². The van der Waals surface area contributed by atoms with E-state index in [9.17, 15) is 8.42 Å². The van der Waals surface area contributed by atoms with Gasteiger partial charge in [-0.25, -0.2) is 18.1 Å². The maximum absolute atomic E-state index is 12.5. The Morgan fingerprint density at radius 3 is 2.61 bits per heavy atom. The number of thioether (sulfide) groups is 1. The molecule has 0 atom stereocenters. The fourth-order valence-corrected chi connectivity index (χ4v) is 5.08. The number of aryl methyl sites for hydroxylation is 1. The van der Waals surface area contributed by atoms with Crippen molar-refractivity contribution in [3.8, 4) is 11.3 Å². The predicted octanol–water partition coefficient (Wildman–Crippen LogP) is 3.12. The molecule has 1 aromatic carbocycles. The molecular formula is C18H20N4O4S2. The average Bonchev–Trinajstić information content (AvgIpc) is 3.36. The van der Waals surface area contributed by atoms with Crippen LogP contribution in [0.3, 0.4) is 0 Å². The van der Waals surface area contributed by atoms with Crippen LogP contribution in [0.15, 0.2) is 44.4 Å². The monoisotopic (exact) mass is 420 g/mol. The van der Waals surface area contributed by atoms with E-state index in [0.29, 0.717) is 23.3 Å². The van der Waals surface area contributed by atoms with E-state index in [-0.39, 0.29) is 17.3 Å². The van der Waals surface area contributed by atoms with Crippen molar-refractivity contribution in [1.29, 1.82) is 0 Å². The van der Waals surface area contributed by atoms with E-state index in [0.717, 1.165) is 29.9 Å². The van der Waals surface area contributed by atoms with Crippen LogP contribution in [0.2, 0.25) is 0 Å². The first-order valence-electron chi connectivity index (χ1n) is 8.94. The van der Waals surface area contributed by atoms with Crippen molar-refractivity contribution >= 4 is 21.8 Å². The van der Waals surface area contributed by atoms with Crippen molar-refractivity contribution in [2.24, 2.45) is 0 Å². The molecule has 148 valence electrons. The van der Waals surface area contributed by atoms with Gasteiger partial charge in [0, 0.05) is 18.4 Å². The zero-order chi connectivity index (χ0) is 19.6. The van der Waals surface area contributed by atoms with E-state index in [4.69, 9.17) is 8.94 Å². The Bertz CT molecular complexity index is 1040. The number of aromatic nitrogens is 3. The first-order valence-corrected chi connectivity index (χ1v) is 11.6.